The Hall–Kier alpha value is 3.34. The topological polar surface area (TPSA) is 81.7 Å². The van der Waals surface area contributed by atoms with Gasteiger partial charge >= 0.3 is 103 Å². The summed E-state index contributed by atoms with van der Waals surface area (Å²) in [5, 5.41) is 0. The first-order chi connectivity index (χ1) is 9.49. The first-order valence-corrected chi connectivity index (χ1v) is 9.27. The van der Waals surface area contributed by atoms with Crippen LogP contribution in [0.1, 0.15) is 78.1 Å². The van der Waals surface area contributed by atoms with Gasteiger partial charge in [-0.3, -0.25) is 0 Å². The SMILES string of the molecule is CCCCCCCCCCCC(OCC)OP(=O)([O-])[O-].[K+].[K+]. The smallest absolute Gasteiger partial charge is 0.790 e. The number of hydrogen-bond acceptors (Lipinski definition) is 5. The molecule has 0 aromatic rings. The van der Waals surface area contributed by atoms with Crippen molar-refractivity contribution in [2.45, 2.75) is 84.3 Å². The van der Waals surface area contributed by atoms with Crippen LogP contribution in [0.2, 0.25) is 0 Å². The van der Waals surface area contributed by atoms with Crippen LogP contribution in [-0.4, -0.2) is 12.9 Å². The van der Waals surface area contributed by atoms with Gasteiger partial charge in [0.15, 0.2) is 6.29 Å². The molecule has 0 heterocycles. The Morgan fingerprint density at radius 1 is 0.864 bits per heavy atom. The predicted octanol–water partition coefficient (Wildman–Crippen LogP) is -2.88. The van der Waals surface area contributed by atoms with Crippen LogP contribution in [0.15, 0.2) is 0 Å². The second-order valence-corrected chi connectivity index (χ2v) is 6.16. The minimum Gasteiger partial charge on any atom is -0.790 e. The molecule has 0 bridgehead atoms. The molecule has 0 saturated heterocycles. The third-order valence-electron chi connectivity index (χ3n) is 3.14. The Balaban J connectivity index is -0.00000180. The van der Waals surface area contributed by atoms with E-state index >= 15 is 0 Å². The molecule has 0 aliphatic heterocycles. The van der Waals surface area contributed by atoms with E-state index in [0.29, 0.717) is 13.0 Å². The van der Waals surface area contributed by atoms with Crippen LogP contribution < -0.4 is 113 Å². The molecule has 0 aromatic heterocycles. The zero-order valence-corrected chi connectivity index (χ0v) is 22.0. The summed E-state index contributed by atoms with van der Waals surface area (Å²) < 4.78 is 20.0. The summed E-state index contributed by atoms with van der Waals surface area (Å²) >= 11 is 0. The number of ether oxygens (including phenoxy) is 1. The molecule has 0 fully saturated rings. The van der Waals surface area contributed by atoms with Crippen molar-refractivity contribution < 1.29 is 126 Å². The molecule has 22 heavy (non-hydrogen) atoms. The normalized spacial score (nSPS) is 12.4. The molecule has 0 aliphatic carbocycles. The fraction of sp³-hybridized carbons (Fsp3) is 1.00. The third kappa shape index (κ3) is 23.3. The first-order valence-electron chi connectivity index (χ1n) is 7.81. The van der Waals surface area contributed by atoms with Crippen LogP contribution >= 0.6 is 7.82 Å². The van der Waals surface area contributed by atoms with E-state index < -0.39 is 14.1 Å². The molecular weight excluding hydrogens is 357 g/mol. The number of rotatable bonds is 14. The second-order valence-electron chi connectivity index (χ2n) is 5.05. The molecule has 5 nitrogen and oxygen atoms in total. The van der Waals surface area contributed by atoms with E-state index in [0.717, 1.165) is 19.3 Å². The van der Waals surface area contributed by atoms with Crippen LogP contribution in [0.3, 0.4) is 0 Å². The maximum Gasteiger partial charge on any atom is 1.00 e. The van der Waals surface area contributed by atoms with E-state index in [1.165, 1.54) is 38.5 Å². The van der Waals surface area contributed by atoms with Crippen molar-refractivity contribution in [3.8, 4) is 0 Å². The molecule has 0 spiro atoms. The first kappa shape index (κ1) is 30.1. The minimum atomic E-state index is -4.95. The molecule has 0 N–H and O–H groups in total. The standard InChI is InChI=1S/C14H31O5P.2K/c1-3-5-6-7-8-9-10-11-12-13-14(18-4-2)19-20(15,16)17;;/h14H,3-13H2,1-2H3,(H2,15,16,17);;/q;2*+1/p-2. The van der Waals surface area contributed by atoms with Crippen molar-refractivity contribution in [1.29, 1.82) is 0 Å². The Bertz CT molecular complexity index is 264. The van der Waals surface area contributed by atoms with E-state index in [4.69, 9.17) is 4.74 Å². The molecule has 0 rings (SSSR count). The summed E-state index contributed by atoms with van der Waals surface area (Å²) in [5.74, 6) is 0. The average molecular weight is 387 g/mol. The van der Waals surface area contributed by atoms with E-state index in [-0.39, 0.29) is 103 Å². The Morgan fingerprint density at radius 2 is 1.32 bits per heavy atom. The van der Waals surface area contributed by atoms with Crippen LogP contribution in [0, 0.1) is 0 Å². The summed E-state index contributed by atoms with van der Waals surface area (Å²) in [6.07, 6.45) is 10.2. The van der Waals surface area contributed by atoms with Gasteiger partial charge in [0.05, 0.1) is 7.82 Å². The second kappa shape index (κ2) is 20.7. The average Bonchev–Trinajstić information content (AvgIpc) is 2.35. The molecule has 1 atom stereocenters. The molecule has 8 heteroatoms. The van der Waals surface area contributed by atoms with Crippen LogP contribution in [0.4, 0.5) is 0 Å². The van der Waals surface area contributed by atoms with Gasteiger partial charge in [-0.2, -0.15) is 0 Å². The quantitative estimate of drug-likeness (QED) is 0.139. The van der Waals surface area contributed by atoms with Crippen molar-refractivity contribution in [3.63, 3.8) is 0 Å². The number of unbranched alkanes of at least 4 members (excludes halogenated alkanes) is 8. The van der Waals surface area contributed by atoms with Gasteiger partial charge in [-0.25, -0.2) is 0 Å². The molecule has 0 amide bonds. The molecule has 0 radical (unpaired) electrons. The molecule has 0 saturated carbocycles. The van der Waals surface area contributed by atoms with Crippen molar-refractivity contribution in [2.24, 2.45) is 0 Å². The van der Waals surface area contributed by atoms with Crippen LogP contribution in [0.5, 0.6) is 0 Å². The zero-order valence-electron chi connectivity index (χ0n) is 14.8. The molecule has 0 aromatic carbocycles. The van der Waals surface area contributed by atoms with E-state index in [2.05, 4.69) is 11.4 Å². The largest absolute Gasteiger partial charge is 1.00 e. The fourth-order valence-corrected chi connectivity index (χ4v) is 2.57. The summed E-state index contributed by atoms with van der Waals surface area (Å²) in [7, 11) is -4.95. The number of phosphoric ester groups is 1. The minimum absolute atomic E-state index is 0. The van der Waals surface area contributed by atoms with Crippen molar-refractivity contribution in [1.82, 2.24) is 0 Å². The van der Waals surface area contributed by atoms with Crippen LogP contribution in [0.25, 0.3) is 0 Å². The van der Waals surface area contributed by atoms with E-state index in [9.17, 15) is 14.4 Å². The Kier molecular flexibility index (Phi) is 28.2. The molecule has 122 valence electrons. The summed E-state index contributed by atoms with van der Waals surface area (Å²) in [4.78, 5) is 21.1. The Morgan fingerprint density at radius 3 is 1.73 bits per heavy atom. The van der Waals surface area contributed by atoms with Gasteiger partial charge in [-0.15, -0.1) is 0 Å². The van der Waals surface area contributed by atoms with Crippen molar-refractivity contribution in [3.05, 3.63) is 0 Å². The fourth-order valence-electron chi connectivity index (χ4n) is 2.12. The van der Waals surface area contributed by atoms with Crippen molar-refractivity contribution >= 4 is 7.82 Å². The van der Waals surface area contributed by atoms with Gasteiger partial charge in [0.1, 0.15) is 0 Å². The van der Waals surface area contributed by atoms with E-state index in [1.807, 2.05) is 0 Å². The van der Waals surface area contributed by atoms with Crippen LogP contribution in [-0.2, 0) is 13.8 Å². The number of phosphoric acid groups is 1. The molecule has 0 aliphatic rings. The molecular formula is C14H29K2O5P. The van der Waals surface area contributed by atoms with Gasteiger partial charge in [0, 0.05) is 6.61 Å². The van der Waals surface area contributed by atoms with Gasteiger partial charge in [0.25, 0.3) is 0 Å². The summed E-state index contributed by atoms with van der Waals surface area (Å²) in [6, 6.07) is 0. The Labute approximate surface area is 221 Å². The monoisotopic (exact) mass is 386 g/mol. The van der Waals surface area contributed by atoms with Gasteiger partial charge in [-0.05, 0) is 19.8 Å². The summed E-state index contributed by atoms with van der Waals surface area (Å²) in [6.45, 7) is 4.29. The maximum absolute atomic E-state index is 10.5. The maximum atomic E-state index is 10.5. The molecule has 1 unspecified atom stereocenters. The third-order valence-corrected chi connectivity index (χ3v) is 3.64. The zero-order chi connectivity index (χ0) is 15.3. The van der Waals surface area contributed by atoms with Gasteiger partial charge in [-0.1, -0.05) is 58.3 Å². The van der Waals surface area contributed by atoms with E-state index in [1.54, 1.807) is 6.92 Å². The van der Waals surface area contributed by atoms with Gasteiger partial charge < -0.3 is 23.6 Å². The van der Waals surface area contributed by atoms with Gasteiger partial charge in [0.2, 0.25) is 0 Å². The predicted molar refractivity (Wildman–Crippen MR) is 75.9 cm³/mol. The summed E-state index contributed by atoms with van der Waals surface area (Å²) in [5.41, 5.74) is 0. The van der Waals surface area contributed by atoms with Crippen molar-refractivity contribution in [2.75, 3.05) is 6.61 Å². The number of hydrogen-bond donors (Lipinski definition) is 0.